The molecule has 3 aromatic rings. The van der Waals surface area contributed by atoms with Crippen molar-refractivity contribution in [1.29, 1.82) is 0 Å². The summed E-state index contributed by atoms with van der Waals surface area (Å²) >= 11 is 0. The summed E-state index contributed by atoms with van der Waals surface area (Å²) in [5, 5.41) is 9.16. The van der Waals surface area contributed by atoms with Crippen LogP contribution in [0.2, 0.25) is 0 Å². The van der Waals surface area contributed by atoms with Crippen LogP contribution >= 0.6 is 0 Å². The van der Waals surface area contributed by atoms with Crippen molar-refractivity contribution in [1.82, 2.24) is 9.55 Å². The number of nitrogens with zero attached hydrogens (tertiary/aromatic N) is 2. The maximum atomic E-state index is 12.6. The molecule has 0 spiro atoms. The van der Waals surface area contributed by atoms with E-state index in [9.17, 15) is 18.0 Å². The van der Waals surface area contributed by atoms with E-state index >= 15 is 0 Å². The van der Waals surface area contributed by atoms with Crippen molar-refractivity contribution in [2.45, 2.75) is 71.7 Å². The summed E-state index contributed by atoms with van der Waals surface area (Å²) in [6.45, 7) is 6.81. The van der Waals surface area contributed by atoms with Crippen LogP contribution in [-0.2, 0) is 17.6 Å². The van der Waals surface area contributed by atoms with Crippen LogP contribution in [-0.4, -0.2) is 34.1 Å². The van der Waals surface area contributed by atoms with Gasteiger partial charge in [-0.1, -0.05) is 32.9 Å². The number of fused-ring (bicyclic) bond motifs is 1. The molecule has 0 radical (unpaired) electrons. The molecule has 9 heteroatoms. The van der Waals surface area contributed by atoms with E-state index in [0.717, 1.165) is 47.2 Å². The van der Waals surface area contributed by atoms with Crippen molar-refractivity contribution in [3.8, 4) is 11.5 Å². The molecule has 1 N–H and O–H groups in total. The lowest BCUT2D eigenvalue weighted by Crippen LogP contribution is -2.30. The molecule has 1 aliphatic carbocycles. The number of aromatic nitrogens is 2. The second-order valence-corrected chi connectivity index (χ2v) is 10.9. The van der Waals surface area contributed by atoms with E-state index in [4.69, 9.17) is 14.8 Å². The number of carboxylic acid groups (broad SMARTS) is 1. The van der Waals surface area contributed by atoms with E-state index in [1.165, 1.54) is 12.1 Å². The van der Waals surface area contributed by atoms with Crippen LogP contribution in [0.1, 0.15) is 69.4 Å². The molecular formula is C28H33F3N2O4. The zero-order valence-corrected chi connectivity index (χ0v) is 21.6. The molecule has 4 rings (SSSR count). The van der Waals surface area contributed by atoms with Gasteiger partial charge in [-0.25, -0.2) is 4.98 Å². The van der Waals surface area contributed by atoms with Gasteiger partial charge in [0.05, 0.1) is 18.1 Å². The van der Waals surface area contributed by atoms with Crippen molar-refractivity contribution >= 4 is 17.0 Å². The number of methoxy groups -OCH3 is 1. The van der Waals surface area contributed by atoms with Crippen LogP contribution in [0.4, 0.5) is 13.2 Å². The number of aryl methyl sites for hydroxylation is 1. The first-order valence-electron chi connectivity index (χ1n) is 12.5. The second-order valence-electron chi connectivity index (χ2n) is 10.9. The third kappa shape index (κ3) is 6.56. The Hall–Kier alpha value is -3.23. The number of halogens is 3. The number of hydrogen-bond acceptors (Lipinski definition) is 4. The Morgan fingerprint density at radius 2 is 1.89 bits per heavy atom. The Morgan fingerprint density at radius 1 is 1.19 bits per heavy atom. The predicted molar refractivity (Wildman–Crippen MR) is 134 cm³/mol. The van der Waals surface area contributed by atoms with Crippen LogP contribution < -0.4 is 9.47 Å². The summed E-state index contributed by atoms with van der Waals surface area (Å²) in [5.41, 5.74) is 3.41. The van der Waals surface area contributed by atoms with Gasteiger partial charge < -0.3 is 19.1 Å². The highest BCUT2D eigenvalue weighted by atomic mass is 19.4. The Kier molecular flexibility index (Phi) is 7.44. The first-order chi connectivity index (χ1) is 17.3. The minimum Gasteiger partial charge on any atom is -0.496 e. The quantitative estimate of drug-likeness (QED) is 0.350. The predicted octanol–water partition coefficient (Wildman–Crippen LogP) is 6.94. The van der Waals surface area contributed by atoms with Crippen LogP contribution in [0.15, 0.2) is 36.4 Å². The number of hydrogen-bond donors (Lipinski definition) is 1. The standard InChI is InChI=1S/C28H33F3N2O4/c1-17-11-20(16-27(2,3)15-17)33-23-14-24(36-4)19(7-10-26(34)35)13-22(23)32-25(33)12-18-5-8-21(9-6-18)37-28(29,30)31/h5-6,8-9,13-14,17,20H,7,10-12,15-16H2,1-4H3,(H,34,35)/t17-,20+/m1/s1. The Bertz CT molecular complexity index is 1270. The minimum atomic E-state index is -4.74. The lowest BCUT2D eigenvalue weighted by molar-refractivity contribution is -0.274. The normalized spacial score (nSPS) is 19.6. The summed E-state index contributed by atoms with van der Waals surface area (Å²) in [7, 11) is 1.57. The molecular weight excluding hydrogens is 485 g/mol. The maximum Gasteiger partial charge on any atom is 0.573 e. The number of imidazole rings is 1. The number of rotatable bonds is 8. The summed E-state index contributed by atoms with van der Waals surface area (Å²) < 4.78 is 49.6. The van der Waals surface area contributed by atoms with Gasteiger partial charge in [0.2, 0.25) is 0 Å². The summed E-state index contributed by atoms with van der Waals surface area (Å²) in [6.07, 6.45) is -0.910. The number of carboxylic acids is 1. The van der Waals surface area contributed by atoms with E-state index in [-0.39, 0.29) is 23.6 Å². The number of benzene rings is 2. The van der Waals surface area contributed by atoms with Gasteiger partial charge in [-0.3, -0.25) is 4.79 Å². The van der Waals surface area contributed by atoms with Gasteiger partial charge in [-0.2, -0.15) is 0 Å². The maximum absolute atomic E-state index is 12.6. The number of aliphatic carboxylic acids is 1. The fraction of sp³-hybridized carbons (Fsp3) is 0.500. The van der Waals surface area contributed by atoms with E-state index in [1.54, 1.807) is 19.2 Å². The van der Waals surface area contributed by atoms with E-state index < -0.39 is 12.3 Å². The molecule has 0 bridgehead atoms. The second kappa shape index (κ2) is 10.3. The molecule has 0 aliphatic heterocycles. The summed E-state index contributed by atoms with van der Waals surface area (Å²) in [4.78, 5) is 16.1. The molecule has 0 saturated heterocycles. The minimum absolute atomic E-state index is 0.0178. The molecule has 0 unspecified atom stereocenters. The summed E-state index contributed by atoms with van der Waals surface area (Å²) in [5.74, 6) is 0.810. The van der Waals surface area contributed by atoms with Gasteiger partial charge in [0.1, 0.15) is 17.3 Å². The molecule has 37 heavy (non-hydrogen) atoms. The Balaban J connectivity index is 1.77. The highest BCUT2D eigenvalue weighted by Gasteiger charge is 2.35. The molecule has 2 aromatic carbocycles. The first-order valence-corrected chi connectivity index (χ1v) is 12.5. The van der Waals surface area contributed by atoms with Crippen molar-refractivity contribution in [3.63, 3.8) is 0 Å². The zero-order chi connectivity index (χ0) is 27.0. The number of carbonyl (C=O) groups is 1. The monoisotopic (exact) mass is 518 g/mol. The van der Waals surface area contributed by atoms with Gasteiger partial charge in [0.25, 0.3) is 0 Å². The fourth-order valence-electron chi connectivity index (χ4n) is 5.86. The molecule has 0 amide bonds. The van der Waals surface area contributed by atoms with Gasteiger partial charge >= 0.3 is 12.3 Å². The molecule has 1 saturated carbocycles. The number of ether oxygens (including phenoxy) is 2. The molecule has 1 fully saturated rings. The SMILES string of the molecule is COc1cc2c(cc1CCC(=O)O)nc(Cc1ccc(OC(F)(F)F)cc1)n2[C@H]1C[C@@H](C)CC(C)(C)C1. The average molecular weight is 519 g/mol. The van der Waals surface area contributed by atoms with Crippen molar-refractivity contribution in [3.05, 3.63) is 53.3 Å². The van der Waals surface area contributed by atoms with Crippen molar-refractivity contribution < 1.29 is 32.5 Å². The van der Waals surface area contributed by atoms with Gasteiger partial charge in [-0.05, 0) is 66.3 Å². The van der Waals surface area contributed by atoms with Gasteiger partial charge in [-0.15, -0.1) is 13.2 Å². The van der Waals surface area contributed by atoms with Gasteiger partial charge in [0, 0.05) is 24.9 Å². The zero-order valence-electron chi connectivity index (χ0n) is 21.6. The third-order valence-electron chi connectivity index (χ3n) is 7.02. The molecule has 1 heterocycles. The molecule has 2 atom stereocenters. The van der Waals surface area contributed by atoms with E-state index in [2.05, 4.69) is 30.1 Å². The molecule has 1 aliphatic rings. The smallest absolute Gasteiger partial charge is 0.496 e. The lowest BCUT2D eigenvalue weighted by Gasteiger charge is -2.40. The van der Waals surface area contributed by atoms with Crippen LogP contribution in [0.5, 0.6) is 11.5 Å². The number of alkyl halides is 3. The molecule has 6 nitrogen and oxygen atoms in total. The Morgan fingerprint density at radius 3 is 2.49 bits per heavy atom. The highest BCUT2D eigenvalue weighted by Crippen LogP contribution is 2.45. The third-order valence-corrected chi connectivity index (χ3v) is 7.02. The van der Waals surface area contributed by atoms with Gasteiger partial charge in [0.15, 0.2) is 0 Å². The van der Waals surface area contributed by atoms with Crippen LogP contribution in [0.3, 0.4) is 0 Å². The average Bonchev–Trinajstić information content (AvgIpc) is 3.12. The lowest BCUT2D eigenvalue weighted by atomic mass is 9.70. The highest BCUT2D eigenvalue weighted by molar-refractivity contribution is 5.80. The largest absolute Gasteiger partial charge is 0.573 e. The molecule has 200 valence electrons. The van der Waals surface area contributed by atoms with Crippen LogP contribution in [0, 0.1) is 11.3 Å². The Labute approximate surface area is 214 Å². The van der Waals surface area contributed by atoms with Crippen molar-refractivity contribution in [2.24, 2.45) is 11.3 Å². The summed E-state index contributed by atoms with van der Waals surface area (Å²) in [6, 6.07) is 9.91. The molecule has 1 aromatic heterocycles. The van der Waals surface area contributed by atoms with Crippen LogP contribution in [0.25, 0.3) is 11.0 Å². The fourth-order valence-corrected chi connectivity index (χ4v) is 5.86. The van der Waals surface area contributed by atoms with E-state index in [0.29, 0.717) is 24.5 Å². The topological polar surface area (TPSA) is 73.6 Å². The van der Waals surface area contributed by atoms with Crippen molar-refractivity contribution in [2.75, 3.05) is 7.11 Å². The first kappa shape index (κ1) is 26.8. The van der Waals surface area contributed by atoms with E-state index in [1.807, 2.05) is 12.1 Å².